The lowest BCUT2D eigenvalue weighted by molar-refractivity contribution is -0.270. The van der Waals surface area contributed by atoms with Gasteiger partial charge in [-0.3, -0.25) is 0 Å². The fourth-order valence-corrected chi connectivity index (χ4v) is 1.35. The topological polar surface area (TPSA) is 33.7 Å². The van der Waals surface area contributed by atoms with Crippen LogP contribution in [-0.2, 0) is 9.78 Å². The number of rotatable bonds is 10. The monoisotopic (exact) mass is 216 g/mol. The van der Waals surface area contributed by atoms with Crippen molar-refractivity contribution in [1.29, 1.82) is 0 Å². The molecule has 0 fully saturated rings. The third kappa shape index (κ3) is 7.22. The Labute approximate surface area is 93.2 Å². The van der Waals surface area contributed by atoms with E-state index in [0.29, 0.717) is 6.61 Å². The molecule has 0 aliphatic rings. The van der Waals surface area contributed by atoms with E-state index in [2.05, 4.69) is 35.5 Å². The molecule has 0 rings (SSSR count). The fourth-order valence-electron chi connectivity index (χ4n) is 1.35. The van der Waals surface area contributed by atoms with Crippen LogP contribution in [0.5, 0.6) is 0 Å². The van der Waals surface area contributed by atoms with E-state index >= 15 is 0 Å². The summed E-state index contributed by atoms with van der Waals surface area (Å²) in [6.07, 6.45) is 2.27. The van der Waals surface area contributed by atoms with Crippen molar-refractivity contribution in [2.24, 2.45) is 0 Å². The summed E-state index contributed by atoms with van der Waals surface area (Å²) in [5, 5.41) is 3.21. The second-order valence-corrected chi connectivity index (χ2v) is 3.35. The molecule has 0 heterocycles. The normalized spacial score (nSPS) is 10.1. The van der Waals surface area contributed by atoms with Crippen molar-refractivity contribution in [3.8, 4) is 0 Å². The molecule has 4 heteroatoms. The average molecular weight is 216 g/mol. The standard InChI is InChI=1S/C11H24N2O2/c1-5-8-13(9-6-2)11(3)12-7-10-15-14-4/h12H,3,5-10H2,1-2,4H3. The fraction of sp³-hybridized carbons (Fsp3) is 0.818. The van der Waals surface area contributed by atoms with Crippen LogP contribution in [0.25, 0.3) is 0 Å². The van der Waals surface area contributed by atoms with E-state index in [4.69, 9.17) is 4.89 Å². The predicted molar refractivity (Wildman–Crippen MR) is 62.3 cm³/mol. The van der Waals surface area contributed by atoms with Crippen molar-refractivity contribution < 1.29 is 9.78 Å². The molecule has 0 bridgehead atoms. The minimum absolute atomic E-state index is 0.529. The maximum atomic E-state index is 4.76. The third-order valence-corrected chi connectivity index (χ3v) is 2.00. The van der Waals surface area contributed by atoms with Crippen molar-refractivity contribution in [3.05, 3.63) is 12.4 Å². The Morgan fingerprint density at radius 3 is 2.33 bits per heavy atom. The summed E-state index contributed by atoms with van der Waals surface area (Å²) in [7, 11) is 1.51. The van der Waals surface area contributed by atoms with Gasteiger partial charge in [0.25, 0.3) is 0 Å². The summed E-state index contributed by atoms with van der Waals surface area (Å²) in [5.74, 6) is 0.971. The predicted octanol–water partition coefficient (Wildman–Crippen LogP) is 1.75. The van der Waals surface area contributed by atoms with Gasteiger partial charge in [0.1, 0.15) is 0 Å². The first-order valence-electron chi connectivity index (χ1n) is 5.59. The van der Waals surface area contributed by atoms with Crippen molar-refractivity contribution in [1.82, 2.24) is 10.2 Å². The van der Waals surface area contributed by atoms with Crippen molar-refractivity contribution in [2.75, 3.05) is 33.4 Å². The molecule has 0 amide bonds. The molecule has 0 atom stereocenters. The first kappa shape index (κ1) is 14.3. The van der Waals surface area contributed by atoms with Gasteiger partial charge >= 0.3 is 0 Å². The lowest BCUT2D eigenvalue weighted by atomic mass is 10.3. The highest BCUT2D eigenvalue weighted by molar-refractivity contribution is 4.90. The Bertz CT molecular complexity index is 157. The van der Waals surface area contributed by atoms with Gasteiger partial charge in [0.05, 0.1) is 19.5 Å². The van der Waals surface area contributed by atoms with Gasteiger partial charge in [-0.1, -0.05) is 20.4 Å². The summed E-state index contributed by atoms with van der Waals surface area (Å²) in [6, 6.07) is 0. The Hall–Kier alpha value is -0.740. The minimum atomic E-state index is 0.529. The largest absolute Gasteiger partial charge is 0.370 e. The van der Waals surface area contributed by atoms with Crippen LogP contribution in [0.15, 0.2) is 12.4 Å². The maximum Gasteiger partial charge on any atom is 0.0995 e. The Morgan fingerprint density at radius 1 is 1.27 bits per heavy atom. The molecule has 4 nitrogen and oxygen atoms in total. The first-order valence-corrected chi connectivity index (χ1v) is 5.59. The average Bonchev–Trinajstić information content (AvgIpc) is 2.24. The molecular weight excluding hydrogens is 192 g/mol. The smallest absolute Gasteiger partial charge is 0.0995 e. The van der Waals surface area contributed by atoms with Gasteiger partial charge in [0.2, 0.25) is 0 Å². The molecule has 90 valence electrons. The van der Waals surface area contributed by atoms with Crippen molar-refractivity contribution in [2.45, 2.75) is 26.7 Å². The molecule has 0 unspecified atom stereocenters. The van der Waals surface area contributed by atoms with E-state index in [1.54, 1.807) is 0 Å². The van der Waals surface area contributed by atoms with Gasteiger partial charge in [-0.15, -0.1) is 0 Å². The summed E-state index contributed by atoms with van der Waals surface area (Å²) in [4.78, 5) is 11.5. The van der Waals surface area contributed by atoms with Gasteiger partial charge in [-0.05, 0) is 12.8 Å². The summed E-state index contributed by atoms with van der Waals surface area (Å²) >= 11 is 0. The molecule has 0 saturated heterocycles. The molecule has 0 radical (unpaired) electrons. The number of hydrogen-bond acceptors (Lipinski definition) is 4. The van der Waals surface area contributed by atoms with Crippen LogP contribution in [0.2, 0.25) is 0 Å². The third-order valence-electron chi connectivity index (χ3n) is 2.00. The molecule has 1 N–H and O–H groups in total. The number of hydrogen-bond donors (Lipinski definition) is 1. The number of nitrogens with zero attached hydrogens (tertiary/aromatic N) is 1. The van der Waals surface area contributed by atoms with E-state index in [-0.39, 0.29) is 0 Å². The van der Waals surface area contributed by atoms with Crippen LogP contribution in [0.4, 0.5) is 0 Å². The summed E-state index contributed by atoms with van der Waals surface area (Å²) < 4.78 is 0. The maximum absolute atomic E-state index is 4.76. The Balaban J connectivity index is 3.70. The van der Waals surface area contributed by atoms with Crippen LogP contribution in [-0.4, -0.2) is 38.3 Å². The summed E-state index contributed by atoms with van der Waals surface area (Å²) in [5.41, 5.74) is 0. The Morgan fingerprint density at radius 2 is 1.87 bits per heavy atom. The van der Waals surface area contributed by atoms with Crippen LogP contribution in [0.3, 0.4) is 0 Å². The highest BCUT2D eigenvalue weighted by atomic mass is 17.2. The molecule has 15 heavy (non-hydrogen) atoms. The highest BCUT2D eigenvalue weighted by Crippen LogP contribution is 2.00. The van der Waals surface area contributed by atoms with Crippen molar-refractivity contribution in [3.63, 3.8) is 0 Å². The van der Waals surface area contributed by atoms with E-state index in [1.165, 1.54) is 7.11 Å². The van der Waals surface area contributed by atoms with Crippen LogP contribution in [0.1, 0.15) is 26.7 Å². The van der Waals surface area contributed by atoms with Crippen molar-refractivity contribution >= 4 is 0 Å². The van der Waals surface area contributed by atoms with Gasteiger partial charge in [-0.2, -0.15) is 0 Å². The second-order valence-electron chi connectivity index (χ2n) is 3.35. The molecule has 0 aromatic heterocycles. The molecule has 0 spiro atoms. The lowest BCUT2D eigenvalue weighted by Gasteiger charge is -2.26. The minimum Gasteiger partial charge on any atom is -0.370 e. The second kappa shape index (κ2) is 9.80. The van der Waals surface area contributed by atoms with Gasteiger partial charge in [0.15, 0.2) is 0 Å². The molecule has 0 aromatic carbocycles. The zero-order valence-electron chi connectivity index (χ0n) is 10.2. The van der Waals surface area contributed by atoms with Gasteiger partial charge < -0.3 is 10.2 Å². The summed E-state index contributed by atoms with van der Waals surface area (Å²) in [6.45, 7) is 11.7. The van der Waals surface area contributed by atoms with E-state index in [1.807, 2.05) is 0 Å². The van der Waals surface area contributed by atoms with E-state index < -0.39 is 0 Å². The van der Waals surface area contributed by atoms with Crippen LogP contribution >= 0.6 is 0 Å². The number of nitrogens with one attached hydrogen (secondary N) is 1. The van der Waals surface area contributed by atoms with Crippen LogP contribution in [0, 0.1) is 0 Å². The van der Waals surface area contributed by atoms with E-state index in [0.717, 1.165) is 38.3 Å². The highest BCUT2D eigenvalue weighted by Gasteiger charge is 2.04. The van der Waals surface area contributed by atoms with Gasteiger partial charge in [0, 0.05) is 19.6 Å². The van der Waals surface area contributed by atoms with Crippen LogP contribution < -0.4 is 5.32 Å². The molecule has 0 saturated carbocycles. The van der Waals surface area contributed by atoms with Gasteiger partial charge in [-0.25, -0.2) is 9.78 Å². The van der Waals surface area contributed by atoms with E-state index in [9.17, 15) is 0 Å². The SMILES string of the molecule is C=C(NCCOOC)N(CCC)CCC. The Kier molecular flexibility index (Phi) is 9.32. The first-order chi connectivity index (χ1) is 7.26. The quantitative estimate of drug-likeness (QED) is 0.343. The molecule has 0 aromatic rings. The lowest BCUT2D eigenvalue weighted by Crippen LogP contribution is -2.33. The molecular formula is C11H24N2O2. The zero-order valence-corrected chi connectivity index (χ0v) is 10.2. The molecule has 0 aliphatic heterocycles. The zero-order chi connectivity index (χ0) is 11.5. The molecule has 0 aliphatic carbocycles.